The van der Waals surface area contributed by atoms with E-state index in [1.165, 1.54) is 18.3 Å². The number of hydrogen-bond donors (Lipinski definition) is 3. The van der Waals surface area contributed by atoms with Gasteiger partial charge in [0.05, 0.1) is 17.9 Å². The third kappa shape index (κ3) is 5.09. The smallest absolute Gasteiger partial charge is 0.339 e. The van der Waals surface area contributed by atoms with Gasteiger partial charge in [-0.25, -0.2) is 14.8 Å². The topological polar surface area (TPSA) is 140 Å². The van der Waals surface area contributed by atoms with Crippen molar-refractivity contribution >= 4 is 35.3 Å². The van der Waals surface area contributed by atoms with Crippen LogP contribution in [0.15, 0.2) is 34.3 Å². The number of H-pyrrole nitrogens is 1. The van der Waals surface area contributed by atoms with E-state index in [0.29, 0.717) is 11.4 Å². The molecule has 4 N–H and O–H groups in total. The van der Waals surface area contributed by atoms with Gasteiger partial charge in [-0.3, -0.25) is 9.59 Å². The fourth-order valence-electron chi connectivity index (χ4n) is 1.64. The third-order valence-electron chi connectivity index (χ3n) is 2.62. The van der Waals surface area contributed by atoms with E-state index < -0.39 is 5.97 Å². The molecular formula is C14H15N5O4S. The van der Waals surface area contributed by atoms with E-state index in [0.717, 1.165) is 17.8 Å². The largest absolute Gasteiger partial charge is 0.462 e. The Morgan fingerprint density at radius 2 is 2.21 bits per heavy atom. The van der Waals surface area contributed by atoms with Crippen LogP contribution in [-0.4, -0.2) is 39.2 Å². The first-order chi connectivity index (χ1) is 11.5. The number of ether oxygens (including phenoxy) is 1. The molecule has 126 valence electrons. The van der Waals surface area contributed by atoms with Crippen LogP contribution in [0.3, 0.4) is 0 Å². The Bertz CT molecular complexity index is 790. The predicted molar refractivity (Wildman–Crippen MR) is 88.8 cm³/mol. The summed E-state index contributed by atoms with van der Waals surface area (Å²) in [7, 11) is 0. The molecule has 0 fully saturated rings. The van der Waals surface area contributed by atoms with Crippen LogP contribution >= 0.6 is 11.8 Å². The summed E-state index contributed by atoms with van der Waals surface area (Å²) < 4.78 is 4.84. The second-order valence-electron chi connectivity index (χ2n) is 4.46. The number of carbonyl (C=O) groups is 2. The van der Waals surface area contributed by atoms with Crippen LogP contribution in [0.2, 0.25) is 0 Å². The zero-order valence-corrected chi connectivity index (χ0v) is 13.6. The Labute approximate surface area is 141 Å². The van der Waals surface area contributed by atoms with Gasteiger partial charge in [-0.15, -0.1) is 0 Å². The molecule has 0 aliphatic heterocycles. The Morgan fingerprint density at radius 1 is 1.42 bits per heavy atom. The molecule has 2 heterocycles. The summed E-state index contributed by atoms with van der Waals surface area (Å²) in [5, 5.41) is 2.82. The van der Waals surface area contributed by atoms with Gasteiger partial charge < -0.3 is 20.8 Å². The maximum atomic E-state index is 11.9. The van der Waals surface area contributed by atoms with Gasteiger partial charge in [0.25, 0.3) is 5.56 Å². The van der Waals surface area contributed by atoms with Crippen LogP contribution in [0, 0.1) is 0 Å². The van der Waals surface area contributed by atoms with Crippen molar-refractivity contribution in [2.45, 2.75) is 12.1 Å². The summed E-state index contributed by atoms with van der Waals surface area (Å²) in [6.45, 7) is 1.98. The first kappa shape index (κ1) is 17.5. The van der Waals surface area contributed by atoms with Gasteiger partial charge in [-0.05, 0) is 19.1 Å². The molecular weight excluding hydrogens is 334 g/mol. The maximum absolute atomic E-state index is 11.9. The SMILES string of the molecule is CCOC(=O)c1ccc(NC(=O)CSc2nc(N)cc(=O)[nH]2)nc1. The number of anilines is 2. The Balaban J connectivity index is 1.90. The molecule has 1 amide bonds. The van der Waals surface area contributed by atoms with E-state index in [1.54, 1.807) is 6.92 Å². The van der Waals surface area contributed by atoms with E-state index in [-0.39, 0.29) is 34.8 Å². The van der Waals surface area contributed by atoms with Gasteiger partial charge in [-0.2, -0.15) is 0 Å². The van der Waals surface area contributed by atoms with Crippen molar-refractivity contribution in [1.82, 2.24) is 15.0 Å². The van der Waals surface area contributed by atoms with E-state index in [9.17, 15) is 14.4 Å². The van der Waals surface area contributed by atoms with Crippen molar-refractivity contribution in [1.29, 1.82) is 0 Å². The van der Waals surface area contributed by atoms with Crippen LogP contribution in [0.5, 0.6) is 0 Å². The first-order valence-corrected chi connectivity index (χ1v) is 7.89. The molecule has 0 saturated carbocycles. The third-order valence-corrected chi connectivity index (χ3v) is 3.50. The molecule has 0 atom stereocenters. The highest BCUT2D eigenvalue weighted by Crippen LogP contribution is 2.13. The van der Waals surface area contributed by atoms with Crippen LogP contribution < -0.4 is 16.6 Å². The fourth-order valence-corrected chi connectivity index (χ4v) is 2.32. The molecule has 2 aromatic heterocycles. The minimum absolute atomic E-state index is 0.00764. The molecule has 24 heavy (non-hydrogen) atoms. The van der Waals surface area contributed by atoms with Crippen LogP contribution in [-0.2, 0) is 9.53 Å². The van der Waals surface area contributed by atoms with Crippen LogP contribution in [0.25, 0.3) is 0 Å². The summed E-state index contributed by atoms with van der Waals surface area (Å²) in [4.78, 5) is 44.9. The summed E-state index contributed by atoms with van der Waals surface area (Å²) >= 11 is 1.03. The number of thioether (sulfide) groups is 1. The number of nitrogen functional groups attached to an aromatic ring is 1. The first-order valence-electron chi connectivity index (χ1n) is 6.90. The Morgan fingerprint density at radius 3 is 2.83 bits per heavy atom. The average molecular weight is 349 g/mol. The van der Waals surface area contributed by atoms with Crippen molar-refractivity contribution in [2.24, 2.45) is 0 Å². The highest BCUT2D eigenvalue weighted by Gasteiger charge is 2.09. The van der Waals surface area contributed by atoms with E-state index in [1.807, 2.05) is 0 Å². The number of nitrogens with one attached hydrogen (secondary N) is 2. The lowest BCUT2D eigenvalue weighted by atomic mass is 10.3. The summed E-state index contributed by atoms with van der Waals surface area (Å²) in [5.74, 6) is -0.439. The second kappa shape index (κ2) is 8.11. The minimum atomic E-state index is -0.477. The lowest BCUT2D eigenvalue weighted by Gasteiger charge is -2.05. The van der Waals surface area contributed by atoms with Crippen LogP contribution in [0.1, 0.15) is 17.3 Å². The number of nitrogens with zero attached hydrogens (tertiary/aromatic N) is 2. The van der Waals surface area contributed by atoms with Gasteiger partial charge >= 0.3 is 5.97 Å². The van der Waals surface area contributed by atoms with Gasteiger partial charge in [0.2, 0.25) is 5.91 Å². The zero-order valence-electron chi connectivity index (χ0n) is 12.7. The van der Waals surface area contributed by atoms with Gasteiger partial charge in [0.1, 0.15) is 11.6 Å². The second-order valence-corrected chi connectivity index (χ2v) is 5.43. The molecule has 2 rings (SSSR count). The van der Waals surface area contributed by atoms with E-state index >= 15 is 0 Å². The standard InChI is InChI=1S/C14H15N5O4S/c1-2-23-13(22)8-3-4-10(16-6-8)18-12(21)7-24-14-17-9(15)5-11(20)19-14/h3-6H,2,7H2,1H3,(H,16,18,21)(H3,15,17,19,20). The molecule has 10 heteroatoms. The number of aromatic amines is 1. The van der Waals surface area contributed by atoms with E-state index in [2.05, 4.69) is 20.3 Å². The molecule has 0 bridgehead atoms. The number of esters is 1. The number of rotatable bonds is 6. The maximum Gasteiger partial charge on any atom is 0.339 e. The minimum Gasteiger partial charge on any atom is -0.462 e. The molecule has 0 aliphatic carbocycles. The number of pyridine rings is 1. The number of nitrogens with two attached hydrogens (primary N) is 1. The van der Waals surface area contributed by atoms with Crippen molar-refractivity contribution in [2.75, 3.05) is 23.4 Å². The van der Waals surface area contributed by atoms with Gasteiger partial charge in [0, 0.05) is 12.3 Å². The predicted octanol–water partition coefficient (Wildman–Crippen LogP) is 0.655. The highest BCUT2D eigenvalue weighted by atomic mass is 32.2. The molecule has 0 unspecified atom stereocenters. The Kier molecular flexibility index (Phi) is 5.90. The van der Waals surface area contributed by atoms with E-state index in [4.69, 9.17) is 10.5 Å². The van der Waals surface area contributed by atoms with Gasteiger partial charge in [-0.1, -0.05) is 11.8 Å². The zero-order chi connectivity index (χ0) is 17.5. The number of hydrogen-bond acceptors (Lipinski definition) is 8. The number of carbonyl (C=O) groups excluding carboxylic acids is 2. The van der Waals surface area contributed by atoms with Gasteiger partial charge in [0.15, 0.2) is 5.16 Å². The van der Waals surface area contributed by atoms with Crippen molar-refractivity contribution in [3.05, 3.63) is 40.3 Å². The lowest BCUT2D eigenvalue weighted by Crippen LogP contribution is -2.16. The lowest BCUT2D eigenvalue weighted by molar-refractivity contribution is -0.113. The quantitative estimate of drug-likeness (QED) is 0.392. The van der Waals surface area contributed by atoms with Crippen molar-refractivity contribution in [3.8, 4) is 0 Å². The molecule has 9 nitrogen and oxygen atoms in total. The normalized spacial score (nSPS) is 10.2. The molecule has 0 spiro atoms. The number of aromatic nitrogens is 3. The highest BCUT2D eigenvalue weighted by molar-refractivity contribution is 7.99. The Hall–Kier alpha value is -2.88. The summed E-state index contributed by atoms with van der Waals surface area (Å²) in [6, 6.07) is 4.15. The molecule has 2 aromatic rings. The summed E-state index contributed by atoms with van der Waals surface area (Å²) in [6.07, 6.45) is 1.32. The fraction of sp³-hybridized carbons (Fsp3) is 0.214. The van der Waals surface area contributed by atoms with Crippen molar-refractivity contribution < 1.29 is 14.3 Å². The molecule has 0 aliphatic rings. The monoisotopic (exact) mass is 349 g/mol. The summed E-state index contributed by atoms with van der Waals surface area (Å²) in [5.41, 5.74) is 5.37. The molecule has 0 radical (unpaired) electrons. The molecule has 0 aromatic carbocycles. The van der Waals surface area contributed by atoms with Crippen molar-refractivity contribution in [3.63, 3.8) is 0 Å². The average Bonchev–Trinajstić information content (AvgIpc) is 2.53. The molecule has 0 saturated heterocycles. The number of amides is 1. The van der Waals surface area contributed by atoms with Crippen LogP contribution in [0.4, 0.5) is 11.6 Å².